The summed E-state index contributed by atoms with van der Waals surface area (Å²) in [5, 5.41) is 3.05. The highest BCUT2D eigenvalue weighted by molar-refractivity contribution is 7.09. The van der Waals surface area contributed by atoms with Gasteiger partial charge in [-0.05, 0) is 55.8 Å². The molecule has 1 aromatic carbocycles. The molecule has 3 heterocycles. The first-order chi connectivity index (χ1) is 13.8. The zero-order valence-corrected chi connectivity index (χ0v) is 16.3. The third-order valence-electron chi connectivity index (χ3n) is 4.75. The molecule has 1 N–H and O–H groups in total. The lowest BCUT2D eigenvalue weighted by atomic mass is 10.0. The molecule has 1 fully saturated rings. The molecule has 0 radical (unpaired) electrons. The van der Waals surface area contributed by atoms with E-state index in [4.69, 9.17) is 4.74 Å². The van der Waals surface area contributed by atoms with Crippen LogP contribution in [0.4, 0.5) is 5.69 Å². The summed E-state index contributed by atoms with van der Waals surface area (Å²) >= 11 is 1.63. The van der Waals surface area contributed by atoms with Crippen LogP contribution in [-0.2, 0) is 11.3 Å². The lowest BCUT2D eigenvalue weighted by molar-refractivity contribution is -0.122. The Bertz CT molecular complexity index is 885. The van der Waals surface area contributed by atoms with Crippen LogP contribution in [0.2, 0.25) is 0 Å². The lowest BCUT2D eigenvalue weighted by Gasteiger charge is -2.34. The summed E-state index contributed by atoms with van der Waals surface area (Å²) < 4.78 is 5.74. The van der Waals surface area contributed by atoms with E-state index >= 15 is 0 Å². The lowest BCUT2D eigenvalue weighted by Crippen LogP contribution is -2.46. The number of carbonyl (C=O) groups excluding carboxylic acids is 1. The van der Waals surface area contributed by atoms with Crippen molar-refractivity contribution in [3.8, 4) is 11.5 Å². The predicted molar refractivity (Wildman–Crippen MR) is 110 cm³/mol. The Labute approximate surface area is 168 Å². The second-order valence-electron chi connectivity index (χ2n) is 6.75. The van der Waals surface area contributed by atoms with E-state index < -0.39 is 0 Å². The van der Waals surface area contributed by atoms with Crippen LogP contribution in [0.3, 0.4) is 0 Å². The molecule has 7 heteroatoms. The van der Waals surface area contributed by atoms with E-state index in [-0.39, 0.29) is 11.9 Å². The summed E-state index contributed by atoms with van der Waals surface area (Å²) in [6, 6.07) is 11.0. The van der Waals surface area contributed by atoms with Crippen LogP contribution < -0.4 is 10.1 Å². The van der Waals surface area contributed by atoms with Gasteiger partial charge >= 0.3 is 0 Å². The topological polar surface area (TPSA) is 67.3 Å². The van der Waals surface area contributed by atoms with Crippen molar-refractivity contribution in [1.29, 1.82) is 0 Å². The molecule has 3 aromatic rings. The normalized spacial score (nSPS) is 17.2. The molecule has 2 aromatic heterocycles. The van der Waals surface area contributed by atoms with Gasteiger partial charge in [0.25, 0.3) is 0 Å². The van der Waals surface area contributed by atoms with Gasteiger partial charge in [0.2, 0.25) is 5.91 Å². The van der Waals surface area contributed by atoms with Crippen molar-refractivity contribution in [2.24, 2.45) is 0 Å². The van der Waals surface area contributed by atoms with Crippen LogP contribution in [0.25, 0.3) is 0 Å². The highest BCUT2D eigenvalue weighted by Crippen LogP contribution is 2.24. The third-order valence-corrected chi connectivity index (χ3v) is 5.52. The molecule has 144 valence electrons. The zero-order valence-electron chi connectivity index (χ0n) is 15.5. The summed E-state index contributed by atoms with van der Waals surface area (Å²) in [6.45, 7) is 1.72. The van der Waals surface area contributed by atoms with Gasteiger partial charge < -0.3 is 10.1 Å². The van der Waals surface area contributed by atoms with Crippen molar-refractivity contribution < 1.29 is 9.53 Å². The number of carbonyl (C=O) groups is 1. The number of nitrogens with zero attached hydrogens (tertiary/aromatic N) is 3. The number of likely N-dealkylation sites (tertiary alicyclic amines) is 1. The smallest absolute Gasteiger partial charge is 0.241 e. The first kappa shape index (κ1) is 18.6. The number of piperidine rings is 1. The number of rotatable bonds is 6. The quantitative estimate of drug-likeness (QED) is 0.674. The number of pyridine rings is 1. The largest absolute Gasteiger partial charge is 0.456 e. The summed E-state index contributed by atoms with van der Waals surface area (Å²) in [5.41, 5.74) is 2.61. The Kier molecular flexibility index (Phi) is 5.94. The number of hydrogen-bond donors (Lipinski definition) is 1. The van der Waals surface area contributed by atoms with E-state index in [2.05, 4.69) is 20.2 Å². The minimum atomic E-state index is -0.109. The Morgan fingerprint density at radius 1 is 1.14 bits per heavy atom. The molecule has 0 spiro atoms. The second-order valence-corrected chi connectivity index (χ2v) is 7.73. The van der Waals surface area contributed by atoms with E-state index in [0.717, 1.165) is 38.0 Å². The van der Waals surface area contributed by atoms with Crippen molar-refractivity contribution in [1.82, 2.24) is 14.9 Å². The van der Waals surface area contributed by atoms with E-state index in [1.165, 1.54) is 4.88 Å². The number of anilines is 1. The molecule has 6 nitrogen and oxygen atoms in total. The average molecular weight is 395 g/mol. The molecule has 1 amide bonds. The Morgan fingerprint density at radius 2 is 2.04 bits per heavy atom. The highest BCUT2D eigenvalue weighted by Gasteiger charge is 2.29. The van der Waals surface area contributed by atoms with Crippen LogP contribution in [0.15, 0.2) is 60.5 Å². The number of aromatic nitrogens is 2. The van der Waals surface area contributed by atoms with Crippen LogP contribution in [0.5, 0.6) is 11.5 Å². The van der Waals surface area contributed by atoms with E-state index in [9.17, 15) is 4.79 Å². The minimum Gasteiger partial charge on any atom is -0.456 e. The van der Waals surface area contributed by atoms with E-state index in [1.54, 1.807) is 23.7 Å². The number of nitrogens with one attached hydrogen (secondary N) is 1. The Hall–Kier alpha value is -2.77. The SMILES string of the molecule is O=C(Nc1ccc(Oc2cccnc2)cc1)C1CCCCN1Cc1cncs1. The van der Waals surface area contributed by atoms with E-state index in [1.807, 2.05) is 48.1 Å². The summed E-state index contributed by atoms with van der Waals surface area (Å²) in [6.07, 6.45) is 8.34. The van der Waals surface area contributed by atoms with Gasteiger partial charge in [-0.1, -0.05) is 6.42 Å². The molecular weight excluding hydrogens is 372 g/mol. The molecule has 28 heavy (non-hydrogen) atoms. The van der Waals surface area contributed by atoms with Gasteiger partial charge in [0.1, 0.15) is 11.5 Å². The molecule has 1 aliphatic rings. The van der Waals surface area contributed by atoms with Crippen molar-refractivity contribution in [2.75, 3.05) is 11.9 Å². The van der Waals surface area contributed by atoms with Crippen molar-refractivity contribution in [3.63, 3.8) is 0 Å². The molecule has 1 unspecified atom stereocenters. The van der Waals surface area contributed by atoms with Gasteiger partial charge in [-0.15, -0.1) is 11.3 Å². The van der Waals surface area contributed by atoms with Crippen LogP contribution in [-0.4, -0.2) is 33.4 Å². The molecule has 4 rings (SSSR count). The number of hydrogen-bond acceptors (Lipinski definition) is 6. The number of ether oxygens (including phenoxy) is 1. The van der Waals surface area contributed by atoms with Gasteiger partial charge in [0.15, 0.2) is 0 Å². The fourth-order valence-electron chi connectivity index (χ4n) is 3.37. The molecular formula is C21H22N4O2S. The first-order valence-electron chi connectivity index (χ1n) is 9.38. The standard InChI is InChI=1S/C21H22N4O2S/c26-21(20-5-1-2-11-25(20)14-19-13-23-15-28-19)24-16-6-8-17(9-7-16)27-18-4-3-10-22-12-18/h3-4,6-10,12-13,15,20H,1-2,5,11,14H2,(H,24,26). The molecule has 1 saturated heterocycles. The van der Waals surface area contributed by atoms with Gasteiger partial charge in [0, 0.05) is 29.5 Å². The third kappa shape index (κ3) is 4.74. The summed E-state index contributed by atoms with van der Waals surface area (Å²) in [4.78, 5) is 24.5. The molecule has 0 saturated carbocycles. The Balaban J connectivity index is 1.37. The molecule has 1 aliphatic heterocycles. The maximum absolute atomic E-state index is 12.9. The number of thiazole rings is 1. The molecule has 1 atom stereocenters. The average Bonchev–Trinajstić information content (AvgIpc) is 3.24. The predicted octanol–water partition coefficient (Wildman–Crippen LogP) is 4.32. The maximum Gasteiger partial charge on any atom is 0.241 e. The van der Waals surface area contributed by atoms with Crippen molar-refractivity contribution in [3.05, 3.63) is 65.4 Å². The monoisotopic (exact) mass is 394 g/mol. The number of amides is 1. The summed E-state index contributed by atoms with van der Waals surface area (Å²) in [5.74, 6) is 1.43. The molecule has 0 bridgehead atoms. The van der Waals surface area contributed by atoms with Gasteiger partial charge in [-0.2, -0.15) is 0 Å². The minimum absolute atomic E-state index is 0.0464. The zero-order chi connectivity index (χ0) is 19.2. The fraction of sp³-hybridized carbons (Fsp3) is 0.286. The molecule has 0 aliphatic carbocycles. The highest BCUT2D eigenvalue weighted by atomic mass is 32.1. The van der Waals surface area contributed by atoms with Crippen LogP contribution in [0.1, 0.15) is 24.1 Å². The van der Waals surface area contributed by atoms with Crippen molar-refractivity contribution >= 4 is 22.9 Å². The van der Waals surface area contributed by atoms with Crippen molar-refractivity contribution in [2.45, 2.75) is 31.8 Å². The Morgan fingerprint density at radius 3 is 2.79 bits per heavy atom. The summed E-state index contributed by atoms with van der Waals surface area (Å²) in [7, 11) is 0. The van der Waals surface area contributed by atoms with Gasteiger partial charge in [0.05, 0.1) is 17.7 Å². The second kappa shape index (κ2) is 8.95. The van der Waals surface area contributed by atoms with Gasteiger partial charge in [-0.3, -0.25) is 19.7 Å². The number of benzene rings is 1. The van der Waals surface area contributed by atoms with Gasteiger partial charge in [-0.25, -0.2) is 0 Å². The van der Waals surface area contributed by atoms with Crippen LogP contribution in [0, 0.1) is 0 Å². The van der Waals surface area contributed by atoms with E-state index in [0.29, 0.717) is 11.5 Å². The maximum atomic E-state index is 12.9. The van der Waals surface area contributed by atoms with Crippen LogP contribution >= 0.6 is 11.3 Å². The fourth-order valence-corrected chi connectivity index (χ4v) is 3.99. The first-order valence-corrected chi connectivity index (χ1v) is 10.3.